The summed E-state index contributed by atoms with van der Waals surface area (Å²) < 4.78 is 5.78. The van der Waals surface area contributed by atoms with Crippen LogP contribution >= 0.6 is 11.6 Å². The molecule has 1 N–H and O–H groups in total. The van der Waals surface area contributed by atoms with Crippen LogP contribution < -0.4 is 4.74 Å². The molecule has 0 heterocycles. The van der Waals surface area contributed by atoms with Gasteiger partial charge < -0.3 is 9.84 Å². The number of aryl methyl sites for hydroxylation is 1. The lowest BCUT2D eigenvalue weighted by atomic mass is 9.73. The summed E-state index contributed by atoms with van der Waals surface area (Å²) >= 11 is 5.73. The number of allylic oxidation sites excluding steroid dienone is 3. The zero-order valence-electron chi connectivity index (χ0n) is 18.1. The Kier molecular flexibility index (Phi) is 9.29. The summed E-state index contributed by atoms with van der Waals surface area (Å²) in [6.45, 7) is 10.5. The molecule has 1 aliphatic carbocycles. The van der Waals surface area contributed by atoms with E-state index in [9.17, 15) is 9.90 Å². The van der Waals surface area contributed by atoms with Gasteiger partial charge in [-0.05, 0) is 69.6 Å². The molecule has 0 aliphatic heterocycles. The van der Waals surface area contributed by atoms with Gasteiger partial charge in [-0.1, -0.05) is 43.6 Å². The zero-order chi connectivity index (χ0) is 21.4. The average Bonchev–Trinajstić information content (AvgIpc) is 2.66. The molecule has 3 nitrogen and oxygen atoms in total. The van der Waals surface area contributed by atoms with Crippen molar-refractivity contribution < 1.29 is 14.6 Å². The maximum Gasteiger partial charge on any atom is 0.311 e. The summed E-state index contributed by atoms with van der Waals surface area (Å²) in [5.41, 5.74) is 4.08. The van der Waals surface area contributed by atoms with Crippen molar-refractivity contribution in [2.24, 2.45) is 5.92 Å². The van der Waals surface area contributed by atoms with Crippen LogP contribution in [0.4, 0.5) is 0 Å². The number of aromatic hydroxyl groups is 1. The molecule has 0 unspecified atom stereocenters. The van der Waals surface area contributed by atoms with Crippen LogP contribution in [-0.4, -0.2) is 17.0 Å². The lowest BCUT2D eigenvalue weighted by molar-refractivity contribution is -0.134. The first-order valence-electron chi connectivity index (χ1n) is 10.8. The zero-order valence-corrected chi connectivity index (χ0v) is 18.9. The Hall–Kier alpha value is -1.74. The van der Waals surface area contributed by atoms with Crippen molar-refractivity contribution in [3.05, 3.63) is 47.1 Å². The van der Waals surface area contributed by atoms with Crippen molar-refractivity contribution in [3.63, 3.8) is 0 Å². The topological polar surface area (TPSA) is 46.5 Å². The minimum Gasteiger partial charge on any atom is -0.507 e. The highest BCUT2D eigenvalue weighted by molar-refractivity contribution is 6.17. The first-order valence-corrected chi connectivity index (χ1v) is 11.4. The number of ether oxygens (including phenoxy) is 1. The van der Waals surface area contributed by atoms with Crippen LogP contribution in [-0.2, 0) is 11.2 Å². The molecule has 4 heteroatoms. The van der Waals surface area contributed by atoms with Crippen molar-refractivity contribution >= 4 is 17.6 Å². The molecule has 2 atom stereocenters. The number of esters is 1. The summed E-state index contributed by atoms with van der Waals surface area (Å²) in [5.74, 6) is 0.990. The standard InChI is InChI=1S/C25H35ClO3/c1-5-6-7-9-19-15-22(27)25(23(16-19)29-24(28)10-8-13-26)21-14-18(4)11-12-20(21)17(2)3/h14-16,20-21,27H,2,5-13H2,1,3-4H3/t20-,21+/m0/s1. The number of alkyl halides is 1. The van der Waals surface area contributed by atoms with Crippen molar-refractivity contribution in [3.8, 4) is 11.5 Å². The number of phenols is 1. The lowest BCUT2D eigenvalue weighted by Crippen LogP contribution is -2.19. The Morgan fingerprint density at radius 2 is 2.07 bits per heavy atom. The predicted octanol–water partition coefficient (Wildman–Crippen LogP) is 7.07. The average molecular weight is 419 g/mol. The molecule has 0 saturated heterocycles. The molecule has 0 amide bonds. The molecular weight excluding hydrogens is 384 g/mol. The number of carbonyl (C=O) groups excluding carboxylic acids is 1. The lowest BCUT2D eigenvalue weighted by Gasteiger charge is -2.32. The van der Waals surface area contributed by atoms with Crippen LogP contribution in [0.2, 0.25) is 0 Å². The molecule has 1 aliphatic rings. The van der Waals surface area contributed by atoms with E-state index in [1.807, 2.05) is 19.1 Å². The molecule has 0 spiro atoms. The monoisotopic (exact) mass is 418 g/mol. The predicted molar refractivity (Wildman–Crippen MR) is 121 cm³/mol. The fourth-order valence-corrected chi connectivity index (χ4v) is 4.23. The second-order valence-electron chi connectivity index (χ2n) is 8.28. The second-order valence-corrected chi connectivity index (χ2v) is 8.66. The van der Waals surface area contributed by atoms with Crippen LogP contribution in [0.25, 0.3) is 0 Å². The summed E-state index contributed by atoms with van der Waals surface area (Å²) in [7, 11) is 0. The fourth-order valence-electron chi connectivity index (χ4n) is 4.10. The van der Waals surface area contributed by atoms with Crippen LogP contribution in [0.3, 0.4) is 0 Å². The first kappa shape index (κ1) is 23.5. The molecule has 1 aromatic carbocycles. The Morgan fingerprint density at radius 1 is 1.31 bits per heavy atom. The van der Waals surface area contributed by atoms with E-state index in [4.69, 9.17) is 16.3 Å². The third-order valence-corrected chi connectivity index (χ3v) is 5.97. The Bertz CT molecular complexity index is 751. The SMILES string of the molecule is C=C(C)[C@@H]1CCC(C)=C[C@H]1c1c(O)cc(CCCCC)cc1OC(=O)CCCCl. The number of rotatable bonds is 10. The smallest absolute Gasteiger partial charge is 0.311 e. The van der Waals surface area contributed by atoms with Gasteiger partial charge in [0, 0.05) is 23.8 Å². The molecule has 0 radical (unpaired) electrons. The van der Waals surface area contributed by atoms with Gasteiger partial charge in [-0.25, -0.2) is 0 Å². The van der Waals surface area contributed by atoms with E-state index >= 15 is 0 Å². The van der Waals surface area contributed by atoms with Gasteiger partial charge in [-0.2, -0.15) is 0 Å². The third-order valence-electron chi connectivity index (χ3n) is 5.70. The van der Waals surface area contributed by atoms with Gasteiger partial charge in [-0.3, -0.25) is 4.79 Å². The van der Waals surface area contributed by atoms with Crippen LogP contribution in [0, 0.1) is 5.92 Å². The van der Waals surface area contributed by atoms with Crippen molar-refractivity contribution in [2.45, 2.75) is 78.1 Å². The summed E-state index contributed by atoms with van der Waals surface area (Å²) in [6, 6.07) is 3.78. The Balaban J connectivity index is 2.45. The molecule has 160 valence electrons. The van der Waals surface area contributed by atoms with Crippen molar-refractivity contribution in [1.82, 2.24) is 0 Å². The molecule has 2 rings (SSSR count). The highest BCUT2D eigenvalue weighted by atomic mass is 35.5. The van der Waals surface area contributed by atoms with Gasteiger partial charge >= 0.3 is 5.97 Å². The quantitative estimate of drug-likeness (QED) is 0.145. The Morgan fingerprint density at radius 3 is 2.72 bits per heavy atom. The number of benzene rings is 1. The summed E-state index contributed by atoms with van der Waals surface area (Å²) in [4.78, 5) is 12.4. The molecule has 0 aromatic heterocycles. The van der Waals surface area contributed by atoms with Gasteiger partial charge in [0.2, 0.25) is 0 Å². The van der Waals surface area contributed by atoms with E-state index in [0.29, 0.717) is 23.6 Å². The van der Waals surface area contributed by atoms with Gasteiger partial charge in [0.15, 0.2) is 0 Å². The second kappa shape index (κ2) is 11.4. The number of halogens is 1. The molecule has 1 aromatic rings. The van der Waals surface area contributed by atoms with Gasteiger partial charge in [0.25, 0.3) is 0 Å². The molecule has 0 bridgehead atoms. The van der Waals surface area contributed by atoms with Crippen LogP contribution in [0.5, 0.6) is 11.5 Å². The number of phenolic OH excluding ortho intramolecular Hbond substituents is 1. The van der Waals surface area contributed by atoms with Gasteiger partial charge in [-0.15, -0.1) is 11.6 Å². The number of hydrogen-bond acceptors (Lipinski definition) is 3. The Labute approximate surface area is 180 Å². The molecule has 0 fully saturated rings. The normalized spacial score (nSPS) is 19.0. The summed E-state index contributed by atoms with van der Waals surface area (Å²) in [6.07, 6.45) is 9.23. The summed E-state index contributed by atoms with van der Waals surface area (Å²) in [5, 5.41) is 11.0. The van der Waals surface area contributed by atoms with Gasteiger partial charge in [0.1, 0.15) is 11.5 Å². The van der Waals surface area contributed by atoms with E-state index in [-0.39, 0.29) is 30.0 Å². The van der Waals surface area contributed by atoms with E-state index in [1.165, 1.54) is 5.57 Å². The van der Waals surface area contributed by atoms with E-state index in [2.05, 4.69) is 26.5 Å². The number of carbonyl (C=O) groups is 1. The first-order chi connectivity index (χ1) is 13.9. The maximum atomic E-state index is 12.4. The fraction of sp³-hybridized carbons (Fsp3) is 0.560. The van der Waals surface area contributed by atoms with Crippen molar-refractivity contribution in [1.29, 1.82) is 0 Å². The van der Waals surface area contributed by atoms with E-state index in [1.54, 1.807) is 0 Å². The highest BCUT2D eigenvalue weighted by Crippen LogP contribution is 2.47. The molecular formula is C25H35ClO3. The molecule has 29 heavy (non-hydrogen) atoms. The van der Waals surface area contributed by atoms with E-state index in [0.717, 1.165) is 49.7 Å². The van der Waals surface area contributed by atoms with Crippen LogP contribution in [0.15, 0.2) is 35.9 Å². The highest BCUT2D eigenvalue weighted by Gasteiger charge is 2.31. The minimum absolute atomic E-state index is 0.0400. The molecule has 0 saturated carbocycles. The number of unbranched alkanes of at least 4 members (excludes halogenated alkanes) is 2. The largest absolute Gasteiger partial charge is 0.507 e. The maximum absolute atomic E-state index is 12.4. The number of hydrogen-bond donors (Lipinski definition) is 1. The third kappa shape index (κ3) is 6.64. The van der Waals surface area contributed by atoms with Gasteiger partial charge in [0.05, 0.1) is 0 Å². The minimum atomic E-state index is -0.305. The van der Waals surface area contributed by atoms with Crippen molar-refractivity contribution in [2.75, 3.05) is 5.88 Å². The van der Waals surface area contributed by atoms with E-state index < -0.39 is 0 Å². The van der Waals surface area contributed by atoms with Crippen LogP contribution in [0.1, 0.15) is 82.8 Å².